The molecule has 29 heavy (non-hydrogen) atoms. The standard InChI is InChI=1S/C23H28N2O4/c1-17(19-6-4-3-5-7-19)16-22(26)29-18(2)23(27)24-20-8-10-21(11-9-20)25-12-14-28-15-13-25/h3-11,17-18H,12-16H2,1-2H3,(H,24,27)/t17-,18-/m0/s1. The Morgan fingerprint density at radius 3 is 2.34 bits per heavy atom. The highest BCUT2D eigenvalue weighted by Gasteiger charge is 2.20. The van der Waals surface area contributed by atoms with Gasteiger partial charge in [0.2, 0.25) is 0 Å². The Hall–Kier alpha value is -2.86. The monoisotopic (exact) mass is 396 g/mol. The zero-order chi connectivity index (χ0) is 20.6. The van der Waals surface area contributed by atoms with Gasteiger partial charge in [0.1, 0.15) is 0 Å². The number of carbonyl (C=O) groups is 2. The molecule has 1 N–H and O–H groups in total. The first-order valence-corrected chi connectivity index (χ1v) is 10.0. The van der Waals surface area contributed by atoms with Crippen molar-refractivity contribution in [1.82, 2.24) is 0 Å². The van der Waals surface area contributed by atoms with Crippen molar-refractivity contribution in [2.24, 2.45) is 0 Å². The first kappa shape index (κ1) is 20.9. The average molecular weight is 396 g/mol. The summed E-state index contributed by atoms with van der Waals surface area (Å²) in [5.41, 5.74) is 2.84. The molecule has 1 saturated heterocycles. The molecular formula is C23H28N2O4. The molecule has 2 aromatic carbocycles. The zero-order valence-corrected chi connectivity index (χ0v) is 17.0. The van der Waals surface area contributed by atoms with Gasteiger partial charge in [-0.3, -0.25) is 9.59 Å². The second kappa shape index (κ2) is 10.1. The first-order valence-electron chi connectivity index (χ1n) is 10.0. The van der Waals surface area contributed by atoms with Crippen molar-refractivity contribution in [2.75, 3.05) is 36.5 Å². The number of ether oxygens (including phenoxy) is 2. The molecule has 0 aromatic heterocycles. The van der Waals surface area contributed by atoms with E-state index in [9.17, 15) is 9.59 Å². The third-order valence-corrected chi connectivity index (χ3v) is 5.03. The molecule has 3 rings (SSSR count). The van der Waals surface area contributed by atoms with Crippen LogP contribution in [0.25, 0.3) is 0 Å². The normalized spacial score (nSPS) is 16.0. The second-order valence-corrected chi connectivity index (χ2v) is 7.28. The number of nitrogens with zero attached hydrogens (tertiary/aromatic N) is 1. The predicted molar refractivity (Wildman–Crippen MR) is 113 cm³/mol. The van der Waals surface area contributed by atoms with E-state index in [0.717, 1.165) is 37.6 Å². The lowest BCUT2D eigenvalue weighted by atomic mass is 9.98. The van der Waals surface area contributed by atoms with Crippen molar-refractivity contribution in [3.63, 3.8) is 0 Å². The Morgan fingerprint density at radius 2 is 1.69 bits per heavy atom. The molecular weight excluding hydrogens is 368 g/mol. The maximum Gasteiger partial charge on any atom is 0.307 e. The van der Waals surface area contributed by atoms with Gasteiger partial charge in [-0.25, -0.2) is 0 Å². The van der Waals surface area contributed by atoms with Gasteiger partial charge in [0.25, 0.3) is 5.91 Å². The molecule has 1 amide bonds. The van der Waals surface area contributed by atoms with Gasteiger partial charge in [0.05, 0.1) is 19.6 Å². The van der Waals surface area contributed by atoms with Crippen molar-refractivity contribution >= 4 is 23.3 Å². The van der Waals surface area contributed by atoms with Crippen LogP contribution in [-0.4, -0.2) is 44.3 Å². The summed E-state index contributed by atoms with van der Waals surface area (Å²) in [5.74, 6) is -0.691. The number of carbonyl (C=O) groups excluding carboxylic acids is 2. The lowest BCUT2D eigenvalue weighted by Gasteiger charge is -2.28. The number of morpholine rings is 1. The molecule has 0 saturated carbocycles. The topological polar surface area (TPSA) is 67.9 Å². The van der Waals surface area contributed by atoms with E-state index in [1.165, 1.54) is 0 Å². The summed E-state index contributed by atoms with van der Waals surface area (Å²) in [6.45, 7) is 6.73. The van der Waals surface area contributed by atoms with Crippen LogP contribution in [0.15, 0.2) is 54.6 Å². The van der Waals surface area contributed by atoms with E-state index in [4.69, 9.17) is 9.47 Å². The van der Waals surface area contributed by atoms with Crippen molar-refractivity contribution in [3.8, 4) is 0 Å². The fourth-order valence-electron chi connectivity index (χ4n) is 3.27. The van der Waals surface area contributed by atoms with Gasteiger partial charge in [-0.15, -0.1) is 0 Å². The quantitative estimate of drug-likeness (QED) is 0.725. The molecule has 6 nitrogen and oxygen atoms in total. The molecule has 1 heterocycles. The van der Waals surface area contributed by atoms with Crippen molar-refractivity contribution in [3.05, 3.63) is 60.2 Å². The van der Waals surface area contributed by atoms with E-state index >= 15 is 0 Å². The molecule has 1 fully saturated rings. The van der Waals surface area contributed by atoms with E-state index in [0.29, 0.717) is 5.69 Å². The number of nitrogens with one attached hydrogen (secondary N) is 1. The van der Waals surface area contributed by atoms with Gasteiger partial charge >= 0.3 is 5.97 Å². The van der Waals surface area contributed by atoms with Gasteiger partial charge in [-0.1, -0.05) is 37.3 Å². The number of hydrogen-bond donors (Lipinski definition) is 1. The van der Waals surface area contributed by atoms with E-state index in [-0.39, 0.29) is 24.2 Å². The summed E-state index contributed by atoms with van der Waals surface area (Å²) in [5, 5.41) is 2.80. The Balaban J connectivity index is 1.47. The summed E-state index contributed by atoms with van der Waals surface area (Å²) >= 11 is 0. The minimum absolute atomic E-state index is 0.0340. The molecule has 1 aliphatic heterocycles. The van der Waals surface area contributed by atoms with Gasteiger partial charge in [-0.05, 0) is 42.7 Å². The molecule has 2 atom stereocenters. The molecule has 0 radical (unpaired) electrons. The average Bonchev–Trinajstić information content (AvgIpc) is 2.75. The number of hydrogen-bond acceptors (Lipinski definition) is 5. The second-order valence-electron chi connectivity index (χ2n) is 7.28. The smallest absolute Gasteiger partial charge is 0.307 e. The summed E-state index contributed by atoms with van der Waals surface area (Å²) in [7, 11) is 0. The van der Waals surface area contributed by atoms with Crippen molar-refractivity contribution in [1.29, 1.82) is 0 Å². The molecule has 0 spiro atoms. The lowest BCUT2D eigenvalue weighted by molar-refractivity contribution is -0.153. The fourth-order valence-corrected chi connectivity index (χ4v) is 3.27. The summed E-state index contributed by atoms with van der Waals surface area (Å²) < 4.78 is 10.7. The highest BCUT2D eigenvalue weighted by atomic mass is 16.5. The van der Waals surface area contributed by atoms with E-state index in [1.807, 2.05) is 61.5 Å². The highest BCUT2D eigenvalue weighted by Crippen LogP contribution is 2.21. The van der Waals surface area contributed by atoms with Crippen LogP contribution in [0.3, 0.4) is 0 Å². The maximum atomic E-state index is 12.4. The molecule has 154 valence electrons. The van der Waals surface area contributed by atoms with Crippen LogP contribution in [-0.2, 0) is 19.1 Å². The predicted octanol–water partition coefficient (Wildman–Crippen LogP) is 3.59. The minimum atomic E-state index is -0.857. The molecule has 2 aromatic rings. The first-order chi connectivity index (χ1) is 14.0. The molecule has 0 aliphatic carbocycles. The van der Waals surface area contributed by atoms with Gasteiger partial charge in [0, 0.05) is 24.5 Å². The maximum absolute atomic E-state index is 12.4. The SMILES string of the molecule is C[C@H](OC(=O)C[C@H](C)c1ccccc1)C(=O)Nc1ccc(N2CCOCC2)cc1. The van der Waals surface area contributed by atoms with Gasteiger partial charge in [0.15, 0.2) is 6.10 Å². The number of amides is 1. The van der Waals surface area contributed by atoms with Crippen LogP contribution in [0.4, 0.5) is 11.4 Å². The fraction of sp³-hybridized carbons (Fsp3) is 0.391. The number of benzene rings is 2. The Labute approximate surface area is 171 Å². The van der Waals surface area contributed by atoms with E-state index in [2.05, 4.69) is 10.2 Å². The molecule has 6 heteroatoms. The molecule has 1 aliphatic rings. The van der Waals surface area contributed by atoms with Crippen LogP contribution in [0.1, 0.15) is 31.7 Å². The van der Waals surface area contributed by atoms with Crippen LogP contribution < -0.4 is 10.2 Å². The van der Waals surface area contributed by atoms with E-state index in [1.54, 1.807) is 6.92 Å². The van der Waals surface area contributed by atoms with E-state index < -0.39 is 6.10 Å². The third-order valence-electron chi connectivity index (χ3n) is 5.03. The van der Waals surface area contributed by atoms with Crippen LogP contribution in [0.5, 0.6) is 0 Å². The van der Waals surface area contributed by atoms with Crippen molar-refractivity contribution < 1.29 is 19.1 Å². The van der Waals surface area contributed by atoms with Crippen molar-refractivity contribution in [2.45, 2.75) is 32.3 Å². The summed E-state index contributed by atoms with van der Waals surface area (Å²) in [6.07, 6.45) is -0.625. The number of esters is 1. The largest absolute Gasteiger partial charge is 0.453 e. The van der Waals surface area contributed by atoms with Crippen LogP contribution in [0.2, 0.25) is 0 Å². The van der Waals surface area contributed by atoms with Gasteiger partial charge in [-0.2, -0.15) is 0 Å². The Bertz CT molecular complexity index is 801. The highest BCUT2D eigenvalue weighted by molar-refractivity contribution is 5.95. The molecule has 0 unspecified atom stereocenters. The van der Waals surface area contributed by atoms with Crippen LogP contribution >= 0.6 is 0 Å². The van der Waals surface area contributed by atoms with Gasteiger partial charge < -0.3 is 19.7 Å². The van der Waals surface area contributed by atoms with Crippen LogP contribution in [0, 0.1) is 0 Å². The minimum Gasteiger partial charge on any atom is -0.453 e. The summed E-state index contributed by atoms with van der Waals surface area (Å²) in [4.78, 5) is 26.8. The summed E-state index contributed by atoms with van der Waals surface area (Å²) in [6, 6.07) is 17.4. The Morgan fingerprint density at radius 1 is 1.03 bits per heavy atom. The zero-order valence-electron chi connectivity index (χ0n) is 17.0. The third kappa shape index (κ3) is 6.06. The lowest BCUT2D eigenvalue weighted by Crippen LogP contribution is -2.36. The Kier molecular flexibility index (Phi) is 7.25. The molecule has 0 bridgehead atoms. The number of anilines is 2. The number of rotatable bonds is 7.